The van der Waals surface area contributed by atoms with Crippen molar-refractivity contribution < 1.29 is 29.3 Å². The predicted molar refractivity (Wildman–Crippen MR) is 170 cm³/mol. The Bertz CT molecular complexity index is 1160. The minimum absolute atomic E-state index is 0.0569. The van der Waals surface area contributed by atoms with E-state index in [9.17, 15) is 14.7 Å². The first-order chi connectivity index (χ1) is 21.0. The van der Waals surface area contributed by atoms with E-state index in [4.69, 9.17) is 14.6 Å². The maximum atomic E-state index is 11.5. The number of ether oxygens (including phenoxy) is 2. The van der Waals surface area contributed by atoms with Gasteiger partial charge in [-0.1, -0.05) is 51.1 Å². The Labute approximate surface area is 264 Å². The normalized spacial score (nSPS) is 42.9. The van der Waals surface area contributed by atoms with Crippen molar-refractivity contribution in [1.82, 2.24) is 5.32 Å². The lowest BCUT2D eigenvalue weighted by molar-refractivity contribution is -0.168. The summed E-state index contributed by atoms with van der Waals surface area (Å²) >= 11 is 0. The fourth-order valence-electron chi connectivity index (χ4n) is 11.7. The van der Waals surface area contributed by atoms with Gasteiger partial charge in [0.25, 0.3) is 0 Å². The molecule has 7 heteroatoms. The largest absolute Gasteiger partial charge is 0.460 e. The highest BCUT2D eigenvalue weighted by Gasteiger charge is 2.80. The average Bonchev–Trinajstić information content (AvgIpc) is 3.59. The van der Waals surface area contributed by atoms with E-state index >= 15 is 0 Å². The Morgan fingerprint density at radius 2 is 1.70 bits per heavy atom. The van der Waals surface area contributed by atoms with Crippen LogP contribution in [-0.4, -0.2) is 54.1 Å². The number of hydrogen-bond acceptors (Lipinski definition) is 6. The van der Waals surface area contributed by atoms with Gasteiger partial charge in [-0.15, -0.1) is 0 Å². The first kappa shape index (κ1) is 33.4. The van der Waals surface area contributed by atoms with Crippen molar-refractivity contribution in [2.75, 3.05) is 7.11 Å². The second kappa shape index (κ2) is 12.7. The Morgan fingerprint density at radius 3 is 2.39 bits per heavy atom. The monoisotopic (exact) mass is 611 g/mol. The Balaban J connectivity index is 0.000000272. The molecule has 0 radical (unpaired) electrons. The van der Waals surface area contributed by atoms with E-state index < -0.39 is 0 Å². The third-order valence-electron chi connectivity index (χ3n) is 13.7. The van der Waals surface area contributed by atoms with E-state index in [0.717, 1.165) is 37.4 Å². The van der Waals surface area contributed by atoms with Gasteiger partial charge in [-0.3, -0.25) is 9.59 Å². The van der Waals surface area contributed by atoms with Gasteiger partial charge in [0.2, 0.25) is 6.41 Å². The van der Waals surface area contributed by atoms with Crippen molar-refractivity contribution in [3.8, 4) is 0 Å². The van der Waals surface area contributed by atoms with Gasteiger partial charge in [0.05, 0.1) is 18.3 Å². The third kappa shape index (κ3) is 5.43. The summed E-state index contributed by atoms with van der Waals surface area (Å²) in [5, 5.41) is 20.4. The number of carbonyl (C=O) groups is 2. The van der Waals surface area contributed by atoms with E-state index in [1.165, 1.54) is 58.3 Å². The summed E-state index contributed by atoms with van der Waals surface area (Å²) in [4.78, 5) is 21.3. The highest BCUT2D eigenvalue weighted by atomic mass is 16.6. The molecule has 1 aliphatic heterocycles. The fourth-order valence-corrected chi connectivity index (χ4v) is 11.7. The summed E-state index contributed by atoms with van der Waals surface area (Å²) in [6.45, 7) is 11.4. The van der Waals surface area contributed by atoms with Crippen LogP contribution in [0.25, 0.3) is 0 Å². The van der Waals surface area contributed by atoms with Gasteiger partial charge in [-0.05, 0) is 122 Å². The number of carbonyl (C=O) groups excluding carboxylic acids is 2. The van der Waals surface area contributed by atoms with Gasteiger partial charge < -0.3 is 25.0 Å². The van der Waals surface area contributed by atoms with Crippen LogP contribution >= 0.6 is 0 Å². The number of rotatable bonds is 5. The van der Waals surface area contributed by atoms with Crippen LogP contribution in [0.2, 0.25) is 0 Å². The Kier molecular flexibility index (Phi) is 9.63. The molecule has 44 heavy (non-hydrogen) atoms. The molecule has 5 saturated carbocycles. The van der Waals surface area contributed by atoms with Gasteiger partial charge in [0.15, 0.2) is 0 Å². The number of hydrogen-bond donors (Lipinski definition) is 3. The summed E-state index contributed by atoms with van der Waals surface area (Å²) in [5.74, 6) is 2.80. The maximum absolute atomic E-state index is 11.5. The molecule has 1 aromatic carbocycles. The lowest BCUT2D eigenvalue weighted by Gasteiger charge is -2.59. The van der Waals surface area contributed by atoms with Gasteiger partial charge in [-0.2, -0.15) is 0 Å². The van der Waals surface area contributed by atoms with E-state index in [1.54, 1.807) is 0 Å². The molecule has 0 aromatic heterocycles. The van der Waals surface area contributed by atoms with Gasteiger partial charge in [0.1, 0.15) is 6.10 Å². The summed E-state index contributed by atoms with van der Waals surface area (Å²) in [6.07, 6.45) is 13.4. The molecule has 1 amide bonds. The van der Waals surface area contributed by atoms with E-state index in [0.29, 0.717) is 47.1 Å². The van der Waals surface area contributed by atoms with E-state index in [1.807, 2.05) is 37.3 Å². The first-order valence-electron chi connectivity index (χ1n) is 17.1. The second-order valence-corrected chi connectivity index (χ2v) is 15.6. The van der Waals surface area contributed by atoms with Crippen LogP contribution < -0.4 is 5.32 Å². The molecule has 11 atom stereocenters. The van der Waals surface area contributed by atoms with Crippen LogP contribution in [0.1, 0.15) is 104 Å². The van der Waals surface area contributed by atoms with E-state index in [-0.39, 0.29) is 29.7 Å². The molecule has 246 valence electrons. The highest BCUT2D eigenvalue weighted by molar-refractivity contribution is 5.66. The van der Waals surface area contributed by atoms with Gasteiger partial charge >= 0.3 is 5.97 Å². The first-order valence-corrected chi connectivity index (χ1v) is 17.1. The minimum atomic E-state index is -0.200. The molecular formula is C37H57NO6. The third-order valence-corrected chi connectivity index (χ3v) is 13.7. The van der Waals surface area contributed by atoms with Crippen molar-refractivity contribution in [3.05, 3.63) is 35.9 Å². The zero-order valence-electron chi connectivity index (χ0n) is 27.9. The van der Waals surface area contributed by atoms with Crippen LogP contribution in [0.3, 0.4) is 0 Å². The van der Waals surface area contributed by atoms with Crippen molar-refractivity contribution >= 4 is 12.4 Å². The van der Waals surface area contributed by atoms with Crippen molar-refractivity contribution in [2.45, 2.75) is 130 Å². The molecular weight excluding hydrogens is 554 g/mol. The highest BCUT2D eigenvalue weighted by Crippen LogP contribution is 2.87. The van der Waals surface area contributed by atoms with Crippen molar-refractivity contribution in [1.29, 1.82) is 0 Å². The number of fused-ring (bicyclic) bond motifs is 4. The standard InChI is InChI=1S/C28H44O4.C8H9NO.CH4O/c1-16(31-17(2)29)21-8-6-19-22(32-21)14-20-18-7-9-23-25(3,4)24(30)10-11-28(23)15-27(18,28)13-12-26(19,20)5;10-7-9-6-8-4-2-1-3-5-8;1-2/h16,18-24,30H,6-15H2,1-5H3;1-5,7H,6H2,(H,9,10);2H,1H3/t16-,18?,19+,20?,21?,22?,23?,24+,26?,27+,28?;;/m1../s1. The van der Waals surface area contributed by atoms with Crippen LogP contribution in [0.4, 0.5) is 0 Å². The zero-order chi connectivity index (χ0) is 31.9. The number of aliphatic hydroxyl groups is 2. The van der Waals surface area contributed by atoms with Crippen LogP contribution in [0.5, 0.6) is 0 Å². The van der Waals surface area contributed by atoms with Gasteiger partial charge in [0, 0.05) is 20.6 Å². The average molecular weight is 612 g/mol. The van der Waals surface area contributed by atoms with Crippen molar-refractivity contribution in [3.63, 3.8) is 0 Å². The van der Waals surface area contributed by atoms with Gasteiger partial charge in [-0.25, -0.2) is 0 Å². The molecule has 3 N–H and O–H groups in total. The number of amides is 1. The predicted octanol–water partition coefficient (Wildman–Crippen LogP) is 6.05. The van der Waals surface area contributed by atoms with Crippen molar-refractivity contribution in [2.24, 2.45) is 45.3 Å². The molecule has 2 spiro atoms. The van der Waals surface area contributed by atoms with E-state index in [2.05, 4.69) is 26.1 Å². The van der Waals surface area contributed by atoms with Crippen LogP contribution in [0, 0.1) is 45.3 Å². The molecule has 6 aliphatic rings. The number of aliphatic hydroxyl groups excluding tert-OH is 2. The smallest absolute Gasteiger partial charge is 0.302 e. The molecule has 1 heterocycles. The Hall–Kier alpha value is -1.96. The molecule has 1 saturated heterocycles. The second-order valence-electron chi connectivity index (χ2n) is 15.6. The van der Waals surface area contributed by atoms with Crippen LogP contribution in [-0.2, 0) is 25.6 Å². The minimum Gasteiger partial charge on any atom is -0.460 e. The molecule has 5 aliphatic carbocycles. The molecule has 7 rings (SSSR count). The lowest BCUT2D eigenvalue weighted by atomic mass is 9.46. The summed E-state index contributed by atoms with van der Waals surface area (Å²) in [6, 6.07) is 9.78. The number of esters is 1. The maximum Gasteiger partial charge on any atom is 0.302 e. The number of benzene rings is 1. The lowest BCUT2D eigenvalue weighted by Crippen LogP contribution is -2.54. The number of nitrogens with one attached hydrogen (secondary N) is 1. The molecule has 6 fully saturated rings. The summed E-state index contributed by atoms with van der Waals surface area (Å²) in [5.41, 5.74) is 2.67. The summed E-state index contributed by atoms with van der Waals surface area (Å²) < 4.78 is 12.2. The molecule has 1 aromatic rings. The molecule has 7 unspecified atom stereocenters. The zero-order valence-corrected chi connectivity index (χ0v) is 27.9. The summed E-state index contributed by atoms with van der Waals surface area (Å²) in [7, 11) is 1.00. The van der Waals surface area contributed by atoms with Crippen LogP contribution in [0.15, 0.2) is 30.3 Å². The molecule has 0 bridgehead atoms. The quantitative estimate of drug-likeness (QED) is 0.277. The molecule has 7 nitrogen and oxygen atoms in total. The SMILES string of the molecule is CC(=O)O[C@H](C)C1CC[C@H]2C(CC3C4CCC5C(C)(C)[C@@H](O)CCC56C[C@@]46CCC32C)O1.CO.O=CNCc1ccccc1. The topological polar surface area (TPSA) is 105 Å². The fraction of sp³-hybridized carbons (Fsp3) is 0.784. The Morgan fingerprint density at radius 1 is 1.00 bits per heavy atom.